The lowest BCUT2D eigenvalue weighted by atomic mass is 10.0. The highest BCUT2D eigenvalue weighted by molar-refractivity contribution is 7.99. The van der Waals surface area contributed by atoms with Gasteiger partial charge >= 0.3 is 6.09 Å². The van der Waals surface area contributed by atoms with Gasteiger partial charge < -0.3 is 15.7 Å². The molecular formula is C16H12ClFN2O3S. The molecule has 0 bridgehead atoms. The first-order valence-electron chi connectivity index (χ1n) is 6.97. The molecule has 2 aromatic rings. The molecule has 1 unspecified atom stereocenters. The Labute approximate surface area is 146 Å². The van der Waals surface area contributed by atoms with Gasteiger partial charge in [-0.3, -0.25) is 4.79 Å². The lowest BCUT2D eigenvalue weighted by Gasteiger charge is -2.12. The molecule has 0 spiro atoms. The summed E-state index contributed by atoms with van der Waals surface area (Å²) in [5.41, 5.74) is 1.59. The number of amides is 2. The van der Waals surface area contributed by atoms with Gasteiger partial charge in [-0.05, 0) is 29.8 Å². The lowest BCUT2D eigenvalue weighted by molar-refractivity contribution is 0.102. The van der Waals surface area contributed by atoms with Crippen LogP contribution >= 0.6 is 23.4 Å². The maximum Gasteiger partial charge on any atom is 0.405 e. The molecule has 5 nitrogen and oxygen atoms in total. The van der Waals surface area contributed by atoms with Gasteiger partial charge in [0, 0.05) is 16.3 Å². The molecule has 1 aliphatic heterocycles. The number of rotatable bonds is 3. The van der Waals surface area contributed by atoms with E-state index in [4.69, 9.17) is 16.7 Å². The van der Waals surface area contributed by atoms with Crippen LogP contribution < -0.4 is 10.6 Å². The van der Waals surface area contributed by atoms with E-state index in [1.165, 1.54) is 30.0 Å². The van der Waals surface area contributed by atoms with Gasteiger partial charge in [0.1, 0.15) is 5.82 Å². The number of anilines is 1. The fourth-order valence-electron chi connectivity index (χ4n) is 2.47. The zero-order valence-electron chi connectivity index (χ0n) is 12.2. The number of benzene rings is 2. The SMILES string of the molecule is O=C(O)NC1CSc2c(C(=O)Nc3ccc(F)c(Cl)c3)cccc21. The van der Waals surface area contributed by atoms with E-state index >= 15 is 0 Å². The van der Waals surface area contributed by atoms with Crippen LogP contribution in [0, 0.1) is 5.82 Å². The van der Waals surface area contributed by atoms with E-state index in [1.807, 2.05) is 0 Å². The summed E-state index contributed by atoms with van der Waals surface area (Å²) >= 11 is 7.13. The quantitative estimate of drug-likeness (QED) is 0.762. The van der Waals surface area contributed by atoms with Crippen molar-refractivity contribution in [2.75, 3.05) is 11.1 Å². The van der Waals surface area contributed by atoms with E-state index in [0.29, 0.717) is 17.0 Å². The van der Waals surface area contributed by atoms with E-state index in [0.717, 1.165) is 10.5 Å². The van der Waals surface area contributed by atoms with Gasteiger partial charge in [0.05, 0.1) is 16.6 Å². The van der Waals surface area contributed by atoms with E-state index in [-0.39, 0.29) is 17.0 Å². The first-order chi connectivity index (χ1) is 11.5. The number of carboxylic acid groups (broad SMARTS) is 1. The minimum atomic E-state index is -1.11. The van der Waals surface area contributed by atoms with Crippen molar-refractivity contribution in [1.29, 1.82) is 0 Å². The highest BCUT2D eigenvalue weighted by Gasteiger charge is 2.28. The standard InChI is InChI=1S/C16H12ClFN2O3S/c17-11-6-8(4-5-12(11)18)19-15(21)10-3-1-2-9-13(20-16(22)23)7-24-14(9)10/h1-6,13,20H,7H2,(H,19,21)(H,22,23). The first kappa shape index (κ1) is 16.6. The second-order valence-electron chi connectivity index (χ2n) is 5.12. The fourth-order valence-corrected chi connectivity index (χ4v) is 3.94. The van der Waals surface area contributed by atoms with Crippen LogP contribution in [0.5, 0.6) is 0 Å². The Kier molecular flexibility index (Phi) is 4.64. The Morgan fingerprint density at radius 3 is 2.79 bits per heavy atom. The van der Waals surface area contributed by atoms with Crippen LogP contribution in [0.3, 0.4) is 0 Å². The summed E-state index contributed by atoms with van der Waals surface area (Å²) in [4.78, 5) is 24.1. The van der Waals surface area contributed by atoms with Gasteiger partial charge in [0.2, 0.25) is 0 Å². The van der Waals surface area contributed by atoms with E-state index in [9.17, 15) is 14.0 Å². The Morgan fingerprint density at radius 2 is 2.08 bits per heavy atom. The first-order valence-corrected chi connectivity index (χ1v) is 8.33. The molecular weight excluding hydrogens is 355 g/mol. The van der Waals surface area contributed by atoms with Gasteiger partial charge in [-0.25, -0.2) is 9.18 Å². The zero-order chi connectivity index (χ0) is 17.3. The van der Waals surface area contributed by atoms with Crippen LogP contribution in [-0.2, 0) is 0 Å². The molecule has 3 rings (SSSR count). The maximum atomic E-state index is 13.2. The van der Waals surface area contributed by atoms with Crippen LogP contribution in [0.4, 0.5) is 14.9 Å². The Balaban J connectivity index is 1.85. The predicted molar refractivity (Wildman–Crippen MR) is 90.4 cm³/mol. The van der Waals surface area contributed by atoms with E-state index in [1.54, 1.807) is 18.2 Å². The van der Waals surface area contributed by atoms with Crippen LogP contribution in [0.2, 0.25) is 5.02 Å². The number of hydrogen-bond acceptors (Lipinski definition) is 3. The van der Waals surface area contributed by atoms with Gasteiger partial charge in [0.25, 0.3) is 5.91 Å². The average molecular weight is 367 g/mol. The third-order valence-electron chi connectivity index (χ3n) is 3.54. The summed E-state index contributed by atoms with van der Waals surface area (Å²) in [5, 5.41) is 13.9. The molecule has 0 fully saturated rings. The molecule has 0 aliphatic carbocycles. The van der Waals surface area contributed by atoms with Crippen LogP contribution in [0.25, 0.3) is 0 Å². The number of carbonyl (C=O) groups excluding carboxylic acids is 1. The van der Waals surface area contributed by atoms with Crippen molar-refractivity contribution in [2.45, 2.75) is 10.9 Å². The predicted octanol–water partition coefficient (Wildman–Crippen LogP) is 4.15. The second kappa shape index (κ2) is 6.70. The Morgan fingerprint density at radius 1 is 1.29 bits per heavy atom. The van der Waals surface area contributed by atoms with Gasteiger partial charge in [0.15, 0.2) is 0 Å². The topological polar surface area (TPSA) is 78.4 Å². The summed E-state index contributed by atoms with van der Waals surface area (Å²) in [6, 6.07) is 8.74. The monoisotopic (exact) mass is 366 g/mol. The molecule has 0 saturated heterocycles. The molecule has 1 atom stereocenters. The smallest absolute Gasteiger partial charge is 0.405 e. The summed E-state index contributed by atoms with van der Waals surface area (Å²) in [6.07, 6.45) is -1.11. The highest BCUT2D eigenvalue weighted by atomic mass is 35.5. The minimum absolute atomic E-state index is 0.0776. The third kappa shape index (κ3) is 3.32. The number of carbonyl (C=O) groups is 2. The van der Waals surface area contributed by atoms with Crippen LogP contribution in [0.15, 0.2) is 41.3 Å². The van der Waals surface area contributed by atoms with Crippen LogP contribution in [0.1, 0.15) is 22.0 Å². The summed E-state index contributed by atoms with van der Waals surface area (Å²) < 4.78 is 13.2. The second-order valence-corrected chi connectivity index (χ2v) is 6.56. The number of thioether (sulfide) groups is 1. The summed E-state index contributed by atoms with van der Waals surface area (Å²) in [5.74, 6) is -0.402. The van der Waals surface area contributed by atoms with E-state index < -0.39 is 11.9 Å². The van der Waals surface area contributed by atoms with Crippen molar-refractivity contribution >= 4 is 41.1 Å². The summed E-state index contributed by atoms with van der Waals surface area (Å²) in [7, 11) is 0. The van der Waals surface area contributed by atoms with Gasteiger partial charge in [-0.1, -0.05) is 23.7 Å². The van der Waals surface area contributed by atoms with Crippen molar-refractivity contribution in [3.63, 3.8) is 0 Å². The van der Waals surface area contributed by atoms with Crippen molar-refractivity contribution in [1.82, 2.24) is 5.32 Å². The number of nitrogens with one attached hydrogen (secondary N) is 2. The molecule has 0 radical (unpaired) electrons. The summed E-state index contributed by atoms with van der Waals surface area (Å²) in [6.45, 7) is 0. The normalized spacial score (nSPS) is 15.7. The molecule has 3 N–H and O–H groups in total. The third-order valence-corrected chi connectivity index (χ3v) is 5.07. The number of hydrogen-bond donors (Lipinski definition) is 3. The van der Waals surface area contributed by atoms with E-state index in [2.05, 4.69) is 10.6 Å². The molecule has 1 aliphatic rings. The average Bonchev–Trinajstić information content (AvgIpc) is 2.93. The molecule has 24 heavy (non-hydrogen) atoms. The molecule has 0 aromatic heterocycles. The largest absolute Gasteiger partial charge is 0.465 e. The molecule has 2 amide bonds. The Hall–Kier alpha value is -2.25. The molecule has 0 saturated carbocycles. The van der Waals surface area contributed by atoms with Crippen molar-refractivity contribution < 1.29 is 19.1 Å². The van der Waals surface area contributed by atoms with Crippen molar-refractivity contribution in [3.05, 3.63) is 58.4 Å². The molecule has 8 heteroatoms. The van der Waals surface area contributed by atoms with Crippen molar-refractivity contribution in [2.24, 2.45) is 0 Å². The van der Waals surface area contributed by atoms with Gasteiger partial charge in [-0.15, -0.1) is 11.8 Å². The Bertz CT molecular complexity index is 831. The highest BCUT2D eigenvalue weighted by Crippen LogP contribution is 2.40. The van der Waals surface area contributed by atoms with Crippen molar-refractivity contribution in [3.8, 4) is 0 Å². The molecule has 1 heterocycles. The zero-order valence-corrected chi connectivity index (χ0v) is 13.7. The number of halogens is 2. The lowest BCUT2D eigenvalue weighted by Crippen LogP contribution is -2.26. The number of fused-ring (bicyclic) bond motifs is 1. The van der Waals surface area contributed by atoms with Crippen LogP contribution in [-0.4, -0.2) is 22.9 Å². The molecule has 124 valence electrons. The fraction of sp³-hybridized carbons (Fsp3) is 0.125. The maximum absolute atomic E-state index is 13.2. The minimum Gasteiger partial charge on any atom is -0.465 e. The van der Waals surface area contributed by atoms with Gasteiger partial charge in [-0.2, -0.15) is 0 Å². The molecule has 2 aromatic carbocycles.